The fourth-order valence-corrected chi connectivity index (χ4v) is 5.99. The molecule has 0 spiro atoms. The molecule has 1 aliphatic carbocycles. The van der Waals surface area contributed by atoms with Gasteiger partial charge in [0.25, 0.3) is 0 Å². The maximum atomic E-state index is 13.4. The Hall–Kier alpha value is -1.44. The smallest absolute Gasteiger partial charge is 0.244 e. The molecule has 0 aromatic heterocycles. The van der Waals surface area contributed by atoms with E-state index in [0.29, 0.717) is 17.0 Å². The fraction of sp³-hybridized carbons (Fsp3) is 0.632. The number of benzene rings is 1. The normalized spacial score (nSPS) is 29.0. The molecule has 1 aromatic carbocycles. The summed E-state index contributed by atoms with van der Waals surface area (Å²) >= 11 is 0. The van der Waals surface area contributed by atoms with Crippen LogP contribution >= 0.6 is 0 Å². The first-order valence-electron chi connectivity index (χ1n) is 9.11. The van der Waals surface area contributed by atoms with E-state index >= 15 is 0 Å². The minimum atomic E-state index is -3.89. The minimum absolute atomic E-state index is 0.0491. The Morgan fingerprint density at radius 1 is 1.15 bits per heavy atom. The summed E-state index contributed by atoms with van der Waals surface area (Å²) in [7, 11) is -3.89. The first kappa shape index (κ1) is 19.3. The van der Waals surface area contributed by atoms with Gasteiger partial charge in [0.1, 0.15) is 6.04 Å². The number of carbonyl (C=O) groups is 1. The van der Waals surface area contributed by atoms with Crippen LogP contribution in [-0.4, -0.2) is 48.5 Å². The maximum absolute atomic E-state index is 13.4. The third-order valence-corrected chi connectivity index (χ3v) is 7.99. The summed E-state index contributed by atoms with van der Waals surface area (Å²) in [5, 5.41) is 13.0. The summed E-state index contributed by atoms with van der Waals surface area (Å²) in [5.74, 6) is 0.124. The quantitative estimate of drug-likeness (QED) is 0.830. The minimum Gasteiger partial charge on any atom is -0.392 e. The Balaban J connectivity index is 1.99. The monoisotopic (exact) mass is 380 g/mol. The summed E-state index contributed by atoms with van der Waals surface area (Å²) in [6, 6.07) is 1.23. The Bertz CT molecular complexity index is 823. The van der Waals surface area contributed by atoms with E-state index < -0.39 is 22.2 Å². The average molecular weight is 381 g/mol. The molecule has 144 valence electrons. The van der Waals surface area contributed by atoms with E-state index in [1.165, 1.54) is 4.31 Å². The lowest BCUT2D eigenvalue weighted by Gasteiger charge is -2.26. The van der Waals surface area contributed by atoms with E-state index in [1.54, 1.807) is 13.8 Å². The fourth-order valence-electron chi connectivity index (χ4n) is 3.78. The molecule has 6 nitrogen and oxygen atoms in total. The zero-order chi connectivity index (χ0) is 19.4. The van der Waals surface area contributed by atoms with Crippen LogP contribution in [0.3, 0.4) is 0 Å². The van der Waals surface area contributed by atoms with Crippen LogP contribution in [0.4, 0.5) is 0 Å². The summed E-state index contributed by atoms with van der Waals surface area (Å²) in [5.41, 5.74) is 3.20. The van der Waals surface area contributed by atoms with Gasteiger partial charge in [-0.15, -0.1) is 0 Å². The zero-order valence-electron chi connectivity index (χ0n) is 16.0. The summed E-state index contributed by atoms with van der Waals surface area (Å²) in [4.78, 5) is 12.9. The standard InChI is InChI=1S/C19H28N2O4S/c1-10-6-11(2)14(5)18(13(10)4)26(24,25)21-9-15(22)8-17(21)19(23)20-16-7-12(16)3/h6,12,15-17,22H,7-9H2,1-5H3,(H,20,23)/t12-,15+,16-,17-/m0/s1. The van der Waals surface area contributed by atoms with Crippen LogP contribution in [-0.2, 0) is 14.8 Å². The summed E-state index contributed by atoms with van der Waals surface area (Å²) in [6.45, 7) is 9.36. The number of amides is 1. The second kappa shape index (κ2) is 6.62. The highest BCUT2D eigenvalue weighted by Crippen LogP contribution is 2.34. The van der Waals surface area contributed by atoms with Crippen molar-refractivity contribution in [1.29, 1.82) is 0 Å². The van der Waals surface area contributed by atoms with E-state index in [-0.39, 0.29) is 29.8 Å². The van der Waals surface area contributed by atoms with Gasteiger partial charge in [-0.05, 0) is 62.3 Å². The molecule has 2 aliphatic rings. The largest absolute Gasteiger partial charge is 0.392 e. The second-order valence-corrected chi connectivity index (χ2v) is 9.72. The second-order valence-electron chi connectivity index (χ2n) is 7.90. The Kier molecular flexibility index (Phi) is 4.92. The van der Waals surface area contributed by atoms with Crippen LogP contribution in [0.1, 0.15) is 42.0 Å². The van der Waals surface area contributed by atoms with Crippen molar-refractivity contribution in [3.63, 3.8) is 0 Å². The molecule has 1 saturated heterocycles. The molecule has 0 unspecified atom stereocenters. The van der Waals surface area contributed by atoms with Crippen molar-refractivity contribution in [2.75, 3.05) is 6.54 Å². The molecule has 2 fully saturated rings. The van der Waals surface area contributed by atoms with Gasteiger partial charge in [-0.1, -0.05) is 13.0 Å². The van der Waals surface area contributed by atoms with Crippen LogP contribution in [0.15, 0.2) is 11.0 Å². The number of nitrogens with one attached hydrogen (secondary N) is 1. The SMILES string of the molecule is Cc1cc(C)c(C)c(S(=O)(=O)N2C[C@H](O)C[C@H]2C(=O)N[C@H]2C[C@@H]2C)c1C. The van der Waals surface area contributed by atoms with Crippen LogP contribution in [0.25, 0.3) is 0 Å². The number of nitrogens with zero attached hydrogens (tertiary/aromatic N) is 1. The first-order valence-corrected chi connectivity index (χ1v) is 10.6. The molecular formula is C19H28N2O4S. The number of hydrogen-bond acceptors (Lipinski definition) is 4. The molecule has 1 heterocycles. The first-order chi connectivity index (χ1) is 12.0. The van der Waals surface area contributed by atoms with Crippen molar-refractivity contribution in [3.05, 3.63) is 28.3 Å². The molecule has 1 aliphatic heterocycles. The molecule has 0 radical (unpaired) electrons. The van der Waals surface area contributed by atoms with E-state index in [0.717, 1.165) is 17.5 Å². The van der Waals surface area contributed by atoms with Crippen LogP contribution in [0.5, 0.6) is 0 Å². The van der Waals surface area contributed by atoms with E-state index in [9.17, 15) is 18.3 Å². The summed E-state index contributed by atoms with van der Waals surface area (Å²) in [6.07, 6.45) is 0.224. The van der Waals surface area contributed by atoms with Crippen molar-refractivity contribution >= 4 is 15.9 Å². The molecule has 26 heavy (non-hydrogen) atoms. The van der Waals surface area contributed by atoms with Gasteiger partial charge in [0.15, 0.2) is 0 Å². The highest BCUT2D eigenvalue weighted by molar-refractivity contribution is 7.89. The van der Waals surface area contributed by atoms with Crippen molar-refractivity contribution in [1.82, 2.24) is 9.62 Å². The average Bonchev–Trinajstić information content (AvgIpc) is 3.06. The molecule has 1 saturated carbocycles. The number of rotatable bonds is 4. The highest BCUT2D eigenvalue weighted by atomic mass is 32.2. The molecular weight excluding hydrogens is 352 g/mol. The number of β-amino-alcohol motifs (C(OH)–C–C–N with tert-alkyl or cyclic N) is 1. The third kappa shape index (κ3) is 3.28. The van der Waals surface area contributed by atoms with E-state index in [2.05, 4.69) is 5.32 Å². The van der Waals surface area contributed by atoms with E-state index in [4.69, 9.17) is 0 Å². The predicted octanol–water partition coefficient (Wildman–Crippen LogP) is 1.57. The topological polar surface area (TPSA) is 86.7 Å². The van der Waals surface area contributed by atoms with Gasteiger partial charge in [0.2, 0.25) is 15.9 Å². The number of aliphatic hydroxyl groups excluding tert-OH is 1. The number of sulfonamides is 1. The number of hydrogen-bond donors (Lipinski definition) is 2. The number of aryl methyl sites for hydroxylation is 2. The van der Waals surface area contributed by atoms with Crippen LogP contribution in [0.2, 0.25) is 0 Å². The lowest BCUT2D eigenvalue weighted by molar-refractivity contribution is -0.124. The Labute approximate surface area is 155 Å². The molecule has 2 N–H and O–H groups in total. The zero-order valence-corrected chi connectivity index (χ0v) is 16.9. The molecule has 7 heteroatoms. The van der Waals surface area contributed by atoms with Gasteiger partial charge >= 0.3 is 0 Å². The molecule has 4 atom stereocenters. The maximum Gasteiger partial charge on any atom is 0.244 e. The highest BCUT2D eigenvalue weighted by Gasteiger charge is 2.46. The number of carbonyl (C=O) groups excluding carboxylic acids is 1. The molecule has 3 rings (SSSR count). The lowest BCUT2D eigenvalue weighted by Crippen LogP contribution is -2.47. The molecule has 0 bridgehead atoms. The molecule has 1 aromatic rings. The number of aliphatic hydroxyl groups is 1. The van der Waals surface area contributed by atoms with Crippen LogP contribution < -0.4 is 5.32 Å². The van der Waals surface area contributed by atoms with Gasteiger partial charge < -0.3 is 10.4 Å². The summed E-state index contributed by atoms with van der Waals surface area (Å²) < 4.78 is 28.1. The van der Waals surface area contributed by atoms with Crippen LogP contribution in [0, 0.1) is 33.6 Å². The molecule has 1 amide bonds. The Morgan fingerprint density at radius 3 is 2.19 bits per heavy atom. The van der Waals surface area contributed by atoms with Crippen molar-refractivity contribution in [2.24, 2.45) is 5.92 Å². The van der Waals surface area contributed by atoms with Crippen molar-refractivity contribution in [2.45, 2.75) is 70.5 Å². The van der Waals surface area contributed by atoms with Gasteiger partial charge in [0.05, 0.1) is 11.0 Å². The van der Waals surface area contributed by atoms with Crippen molar-refractivity contribution < 1.29 is 18.3 Å². The van der Waals surface area contributed by atoms with Gasteiger partial charge in [0, 0.05) is 19.0 Å². The predicted molar refractivity (Wildman–Crippen MR) is 99.4 cm³/mol. The Morgan fingerprint density at radius 2 is 1.69 bits per heavy atom. The van der Waals surface area contributed by atoms with Gasteiger partial charge in [-0.25, -0.2) is 8.42 Å². The van der Waals surface area contributed by atoms with Gasteiger partial charge in [-0.3, -0.25) is 4.79 Å². The van der Waals surface area contributed by atoms with Gasteiger partial charge in [-0.2, -0.15) is 4.31 Å². The lowest BCUT2D eigenvalue weighted by atomic mass is 10.0. The van der Waals surface area contributed by atoms with E-state index in [1.807, 2.05) is 26.8 Å². The third-order valence-electron chi connectivity index (χ3n) is 5.84. The van der Waals surface area contributed by atoms with Crippen molar-refractivity contribution in [3.8, 4) is 0 Å².